The molecule has 1 aromatic carbocycles. The molecule has 0 radical (unpaired) electrons. The first-order valence-corrected chi connectivity index (χ1v) is 13.2. The predicted molar refractivity (Wildman–Crippen MR) is 133 cm³/mol. The highest BCUT2D eigenvalue weighted by atomic mass is 35.5. The summed E-state index contributed by atoms with van der Waals surface area (Å²) in [5.74, 6) is 0.908. The second-order valence-electron chi connectivity index (χ2n) is 7.50. The molecule has 180 valence electrons. The Labute approximate surface area is 211 Å². The average Bonchev–Trinajstić information content (AvgIpc) is 3.51. The van der Waals surface area contributed by atoms with Crippen molar-refractivity contribution in [2.24, 2.45) is 0 Å². The number of aromatic nitrogens is 3. The van der Waals surface area contributed by atoms with Gasteiger partial charge in [0.1, 0.15) is 17.4 Å². The number of anilines is 1. The highest BCUT2D eigenvalue weighted by Crippen LogP contribution is 2.39. The number of thioether (sulfide) groups is 1. The van der Waals surface area contributed by atoms with Gasteiger partial charge in [-0.3, -0.25) is 4.79 Å². The van der Waals surface area contributed by atoms with Gasteiger partial charge < -0.3 is 19.4 Å². The molecule has 0 spiro atoms. The van der Waals surface area contributed by atoms with Crippen LogP contribution in [0.4, 0.5) is 5.00 Å². The third-order valence-corrected chi connectivity index (χ3v) is 7.70. The number of carbonyl (C=O) groups excluding carboxylic acids is 2. The van der Waals surface area contributed by atoms with E-state index in [1.165, 1.54) is 23.1 Å². The molecule has 0 aliphatic heterocycles. The Balaban J connectivity index is 1.38. The fourth-order valence-electron chi connectivity index (χ4n) is 3.73. The molecule has 11 heteroatoms. The number of hydrogen-bond donors (Lipinski definition) is 1. The number of halogens is 1. The van der Waals surface area contributed by atoms with Crippen molar-refractivity contribution in [1.29, 1.82) is 0 Å². The number of hydrogen-bond acceptors (Lipinski definition) is 8. The van der Waals surface area contributed by atoms with E-state index in [9.17, 15) is 9.59 Å². The number of nitrogens with zero attached hydrogens (tertiary/aromatic N) is 3. The van der Waals surface area contributed by atoms with Crippen LogP contribution >= 0.6 is 34.7 Å². The Morgan fingerprint density at radius 1 is 1.21 bits per heavy atom. The fourth-order valence-corrected chi connectivity index (χ4v) is 5.97. The van der Waals surface area contributed by atoms with E-state index in [1.54, 1.807) is 31.2 Å². The van der Waals surface area contributed by atoms with Crippen molar-refractivity contribution >= 4 is 51.6 Å². The van der Waals surface area contributed by atoms with Crippen LogP contribution < -0.4 is 10.1 Å². The van der Waals surface area contributed by atoms with Crippen molar-refractivity contribution in [3.8, 4) is 5.75 Å². The highest BCUT2D eigenvalue weighted by Gasteiger charge is 2.28. The maximum Gasteiger partial charge on any atom is 0.341 e. The monoisotopic (exact) mass is 520 g/mol. The molecule has 2 heterocycles. The van der Waals surface area contributed by atoms with Crippen LogP contribution in [-0.2, 0) is 35.5 Å². The zero-order valence-corrected chi connectivity index (χ0v) is 21.3. The Morgan fingerprint density at radius 2 is 2.00 bits per heavy atom. The molecular weight excluding hydrogens is 496 g/mol. The van der Waals surface area contributed by atoms with Crippen LogP contribution in [0.25, 0.3) is 0 Å². The van der Waals surface area contributed by atoms with Gasteiger partial charge in [-0.2, -0.15) is 0 Å². The summed E-state index contributed by atoms with van der Waals surface area (Å²) in [6, 6.07) is 7.11. The molecule has 2 aromatic heterocycles. The van der Waals surface area contributed by atoms with Crippen molar-refractivity contribution in [3.63, 3.8) is 0 Å². The number of carbonyl (C=O) groups is 2. The highest BCUT2D eigenvalue weighted by molar-refractivity contribution is 7.99. The minimum Gasteiger partial charge on any atom is -0.486 e. The van der Waals surface area contributed by atoms with Gasteiger partial charge in [0.2, 0.25) is 5.91 Å². The number of ether oxygens (including phenoxy) is 2. The van der Waals surface area contributed by atoms with Gasteiger partial charge in [-0.05, 0) is 62.9 Å². The summed E-state index contributed by atoms with van der Waals surface area (Å²) in [5.41, 5.74) is 1.53. The smallest absolute Gasteiger partial charge is 0.341 e. The average molecular weight is 521 g/mol. The minimum atomic E-state index is -0.374. The number of amides is 1. The maximum absolute atomic E-state index is 12.7. The Kier molecular flexibility index (Phi) is 8.12. The zero-order valence-electron chi connectivity index (χ0n) is 18.9. The van der Waals surface area contributed by atoms with E-state index >= 15 is 0 Å². The van der Waals surface area contributed by atoms with Crippen LogP contribution in [0.5, 0.6) is 5.75 Å². The van der Waals surface area contributed by atoms with Gasteiger partial charge in [-0.1, -0.05) is 23.4 Å². The number of thiophene rings is 1. The predicted octanol–water partition coefficient (Wildman–Crippen LogP) is 4.99. The van der Waals surface area contributed by atoms with Gasteiger partial charge in [-0.15, -0.1) is 21.5 Å². The summed E-state index contributed by atoms with van der Waals surface area (Å²) in [6.07, 6.45) is 2.79. The van der Waals surface area contributed by atoms with Gasteiger partial charge >= 0.3 is 5.97 Å². The van der Waals surface area contributed by atoms with E-state index in [0.29, 0.717) is 45.5 Å². The second kappa shape index (κ2) is 11.2. The van der Waals surface area contributed by atoms with Crippen molar-refractivity contribution < 1.29 is 19.1 Å². The molecule has 1 N–H and O–H groups in total. The molecule has 0 saturated carbocycles. The van der Waals surface area contributed by atoms with E-state index in [0.717, 1.165) is 29.7 Å². The van der Waals surface area contributed by atoms with Gasteiger partial charge in [0.05, 0.1) is 17.9 Å². The number of aryl methyl sites for hydroxylation is 1. The molecule has 0 bridgehead atoms. The molecule has 1 aliphatic carbocycles. The van der Waals surface area contributed by atoms with Crippen LogP contribution in [0.1, 0.15) is 46.9 Å². The van der Waals surface area contributed by atoms with Gasteiger partial charge in [0, 0.05) is 16.4 Å². The van der Waals surface area contributed by atoms with Crippen LogP contribution in [-0.4, -0.2) is 39.0 Å². The molecule has 0 atom stereocenters. The molecule has 1 amide bonds. The molecule has 0 saturated heterocycles. The van der Waals surface area contributed by atoms with Gasteiger partial charge in [0.25, 0.3) is 0 Å². The fraction of sp³-hybridized carbons (Fsp3) is 0.391. The largest absolute Gasteiger partial charge is 0.486 e. The lowest BCUT2D eigenvalue weighted by atomic mass is 10.1. The summed E-state index contributed by atoms with van der Waals surface area (Å²) < 4.78 is 12.9. The molecule has 0 fully saturated rings. The van der Waals surface area contributed by atoms with Crippen molar-refractivity contribution in [1.82, 2.24) is 14.8 Å². The molecule has 0 unspecified atom stereocenters. The lowest BCUT2D eigenvalue weighted by molar-refractivity contribution is -0.113. The van der Waals surface area contributed by atoms with E-state index in [1.807, 2.05) is 11.5 Å². The van der Waals surface area contributed by atoms with Gasteiger partial charge in [0.15, 0.2) is 11.0 Å². The summed E-state index contributed by atoms with van der Waals surface area (Å²) in [6.45, 7) is 4.94. The molecule has 1 aliphatic rings. The number of benzene rings is 1. The Bertz CT molecular complexity index is 1180. The normalized spacial score (nSPS) is 12.4. The summed E-state index contributed by atoms with van der Waals surface area (Å²) in [7, 11) is 0. The van der Waals surface area contributed by atoms with E-state index in [4.69, 9.17) is 21.1 Å². The van der Waals surface area contributed by atoms with Crippen molar-refractivity contribution in [2.45, 2.75) is 51.4 Å². The number of rotatable bonds is 10. The van der Waals surface area contributed by atoms with E-state index < -0.39 is 0 Å². The summed E-state index contributed by atoms with van der Waals surface area (Å²) in [4.78, 5) is 26.4. The maximum atomic E-state index is 12.7. The first kappa shape index (κ1) is 24.6. The second-order valence-corrected chi connectivity index (χ2v) is 9.99. The molecular formula is C23H25ClN4O4S2. The van der Waals surface area contributed by atoms with Crippen LogP contribution in [0.3, 0.4) is 0 Å². The summed E-state index contributed by atoms with van der Waals surface area (Å²) >= 11 is 8.67. The third kappa shape index (κ3) is 5.56. The van der Waals surface area contributed by atoms with Crippen molar-refractivity contribution in [3.05, 3.63) is 51.1 Å². The molecule has 34 heavy (non-hydrogen) atoms. The summed E-state index contributed by atoms with van der Waals surface area (Å²) in [5, 5.41) is 13.2. The number of fused-ring (bicyclic) bond motifs is 1. The first-order valence-electron chi connectivity index (χ1n) is 11.0. The number of esters is 1. The Hall–Kier alpha value is -2.56. The molecule has 4 rings (SSSR count). The van der Waals surface area contributed by atoms with Crippen molar-refractivity contribution in [2.75, 3.05) is 17.7 Å². The topological polar surface area (TPSA) is 95.3 Å². The van der Waals surface area contributed by atoms with Crippen LogP contribution in [0.2, 0.25) is 5.02 Å². The van der Waals surface area contributed by atoms with Gasteiger partial charge in [-0.25, -0.2) is 4.79 Å². The standard InChI is InChI=1S/C23H25ClN4O4S2/c1-3-28-18(12-32-15-10-8-14(24)9-11-15)26-27-23(28)33-13-19(29)25-21-20(22(30)31-4-2)16-6-5-7-17(16)34-21/h8-11H,3-7,12-13H2,1-2H3,(H,25,29). The third-order valence-electron chi connectivity index (χ3n) is 5.28. The van der Waals surface area contributed by atoms with Crippen LogP contribution in [0.15, 0.2) is 29.4 Å². The minimum absolute atomic E-state index is 0.140. The van der Waals surface area contributed by atoms with Crippen LogP contribution in [0, 0.1) is 0 Å². The molecule has 3 aromatic rings. The lowest BCUT2D eigenvalue weighted by Crippen LogP contribution is -2.17. The van der Waals surface area contributed by atoms with E-state index in [2.05, 4.69) is 15.5 Å². The first-order chi connectivity index (χ1) is 16.5. The number of nitrogens with one attached hydrogen (secondary N) is 1. The quantitative estimate of drug-likeness (QED) is 0.297. The lowest BCUT2D eigenvalue weighted by Gasteiger charge is -2.09. The zero-order chi connectivity index (χ0) is 24.1. The SMILES string of the molecule is CCOC(=O)c1c(NC(=O)CSc2nnc(COc3ccc(Cl)cc3)n2CC)sc2c1CCC2. The Morgan fingerprint density at radius 3 is 2.74 bits per heavy atom. The molecule has 8 nitrogen and oxygen atoms in total. The van der Waals surface area contributed by atoms with E-state index in [-0.39, 0.29) is 24.2 Å².